The van der Waals surface area contributed by atoms with E-state index >= 15 is 0 Å². The summed E-state index contributed by atoms with van der Waals surface area (Å²) in [6.07, 6.45) is 1.30. The molecular formula is C6H10N2O2. The standard InChI is InChI=1S/C6H10N2O2/c1-4(2)3-10-6(8)5(7)9/h3,8H,1-2H3,(H2,7,9). The SMILES string of the molecule is CC(C)=COC(=N)C(N)=O. The van der Waals surface area contributed by atoms with Crippen LogP contribution in [0.2, 0.25) is 0 Å². The second-order valence-corrected chi connectivity index (χ2v) is 2.01. The highest BCUT2D eigenvalue weighted by atomic mass is 16.5. The lowest BCUT2D eigenvalue weighted by Crippen LogP contribution is -2.23. The molecule has 0 rings (SSSR count). The number of carbonyl (C=O) groups excluding carboxylic acids is 1. The molecule has 0 saturated heterocycles. The zero-order valence-corrected chi connectivity index (χ0v) is 5.97. The van der Waals surface area contributed by atoms with Crippen LogP contribution in [0.4, 0.5) is 0 Å². The number of nitrogens with one attached hydrogen (secondary N) is 1. The Balaban J connectivity index is 3.83. The molecule has 0 atom stereocenters. The Morgan fingerprint density at radius 2 is 2.10 bits per heavy atom. The van der Waals surface area contributed by atoms with Crippen molar-refractivity contribution in [2.24, 2.45) is 5.73 Å². The number of ether oxygens (including phenoxy) is 1. The zero-order chi connectivity index (χ0) is 8.15. The summed E-state index contributed by atoms with van der Waals surface area (Å²) in [7, 11) is 0. The van der Waals surface area contributed by atoms with Gasteiger partial charge in [0.05, 0.1) is 6.26 Å². The maximum atomic E-state index is 10.2. The lowest BCUT2D eigenvalue weighted by Gasteiger charge is -1.96. The van der Waals surface area contributed by atoms with Gasteiger partial charge in [0.25, 0.3) is 5.90 Å². The molecular weight excluding hydrogens is 132 g/mol. The van der Waals surface area contributed by atoms with Crippen molar-refractivity contribution in [3.05, 3.63) is 11.8 Å². The molecule has 56 valence electrons. The van der Waals surface area contributed by atoms with Gasteiger partial charge in [-0.15, -0.1) is 0 Å². The lowest BCUT2D eigenvalue weighted by molar-refractivity contribution is -0.113. The summed E-state index contributed by atoms with van der Waals surface area (Å²) < 4.78 is 4.51. The van der Waals surface area contributed by atoms with E-state index in [1.807, 2.05) is 0 Å². The topological polar surface area (TPSA) is 76.2 Å². The Kier molecular flexibility index (Phi) is 3.17. The van der Waals surface area contributed by atoms with Crippen LogP contribution < -0.4 is 5.73 Å². The van der Waals surface area contributed by atoms with Crippen LogP contribution in [0.3, 0.4) is 0 Å². The van der Waals surface area contributed by atoms with Gasteiger partial charge in [0.1, 0.15) is 0 Å². The first-order chi connectivity index (χ1) is 4.54. The van der Waals surface area contributed by atoms with Crippen molar-refractivity contribution in [1.29, 1.82) is 5.41 Å². The molecule has 0 spiro atoms. The third kappa shape index (κ3) is 3.65. The second kappa shape index (κ2) is 3.66. The number of allylic oxidation sites excluding steroid dienone is 1. The monoisotopic (exact) mass is 142 g/mol. The molecule has 0 saturated carbocycles. The molecule has 0 fully saturated rings. The number of carbonyl (C=O) groups is 1. The van der Waals surface area contributed by atoms with Crippen molar-refractivity contribution in [2.75, 3.05) is 0 Å². The molecule has 0 bridgehead atoms. The van der Waals surface area contributed by atoms with Gasteiger partial charge < -0.3 is 10.5 Å². The minimum Gasteiger partial charge on any atom is -0.443 e. The highest BCUT2D eigenvalue weighted by Crippen LogP contribution is 1.89. The van der Waals surface area contributed by atoms with E-state index in [4.69, 9.17) is 11.1 Å². The van der Waals surface area contributed by atoms with Gasteiger partial charge in [-0.2, -0.15) is 0 Å². The van der Waals surface area contributed by atoms with Gasteiger partial charge in [0.2, 0.25) is 0 Å². The second-order valence-electron chi connectivity index (χ2n) is 2.01. The summed E-state index contributed by atoms with van der Waals surface area (Å²) in [6.45, 7) is 3.57. The van der Waals surface area contributed by atoms with Crippen molar-refractivity contribution in [1.82, 2.24) is 0 Å². The van der Waals surface area contributed by atoms with Crippen molar-refractivity contribution in [3.8, 4) is 0 Å². The van der Waals surface area contributed by atoms with Gasteiger partial charge in [-0.3, -0.25) is 10.2 Å². The van der Waals surface area contributed by atoms with Crippen molar-refractivity contribution < 1.29 is 9.53 Å². The third-order valence-corrected chi connectivity index (χ3v) is 0.636. The van der Waals surface area contributed by atoms with Crippen LogP contribution in [0.5, 0.6) is 0 Å². The number of primary amides is 1. The van der Waals surface area contributed by atoms with Crippen LogP contribution in [0.15, 0.2) is 11.8 Å². The Hall–Kier alpha value is -1.32. The van der Waals surface area contributed by atoms with Gasteiger partial charge in [0.15, 0.2) is 0 Å². The molecule has 0 aromatic rings. The van der Waals surface area contributed by atoms with Gasteiger partial charge in [-0.25, -0.2) is 0 Å². The predicted octanol–water partition coefficient (Wildman–Crippen LogP) is 0.389. The molecule has 0 radical (unpaired) electrons. The summed E-state index contributed by atoms with van der Waals surface area (Å²) in [5.41, 5.74) is 5.57. The summed E-state index contributed by atoms with van der Waals surface area (Å²) in [5, 5.41) is 6.80. The molecule has 10 heavy (non-hydrogen) atoms. The van der Waals surface area contributed by atoms with E-state index in [-0.39, 0.29) is 0 Å². The quantitative estimate of drug-likeness (QED) is 0.315. The number of hydrogen-bond donors (Lipinski definition) is 2. The Morgan fingerprint density at radius 1 is 1.60 bits per heavy atom. The van der Waals surface area contributed by atoms with E-state index in [1.165, 1.54) is 6.26 Å². The minimum atomic E-state index is -0.863. The molecule has 0 aromatic heterocycles. The first-order valence-electron chi connectivity index (χ1n) is 2.72. The largest absolute Gasteiger partial charge is 0.443 e. The normalized spacial score (nSPS) is 8.20. The first-order valence-corrected chi connectivity index (χ1v) is 2.72. The van der Waals surface area contributed by atoms with Crippen molar-refractivity contribution in [2.45, 2.75) is 13.8 Å². The van der Waals surface area contributed by atoms with Crippen molar-refractivity contribution in [3.63, 3.8) is 0 Å². The van der Waals surface area contributed by atoms with E-state index < -0.39 is 11.8 Å². The molecule has 0 heterocycles. The molecule has 0 aromatic carbocycles. The zero-order valence-electron chi connectivity index (χ0n) is 5.97. The first kappa shape index (κ1) is 8.68. The lowest BCUT2D eigenvalue weighted by atomic mass is 10.4. The predicted molar refractivity (Wildman–Crippen MR) is 37.4 cm³/mol. The molecule has 3 N–H and O–H groups in total. The highest BCUT2D eigenvalue weighted by Gasteiger charge is 2.01. The van der Waals surface area contributed by atoms with Crippen LogP contribution in [-0.4, -0.2) is 11.8 Å². The van der Waals surface area contributed by atoms with Crippen LogP contribution >= 0.6 is 0 Å². The number of nitrogens with two attached hydrogens (primary N) is 1. The summed E-state index contributed by atoms with van der Waals surface area (Å²) >= 11 is 0. The summed E-state index contributed by atoms with van der Waals surface area (Å²) in [6, 6.07) is 0. The van der Waals surface area contributed by atoms with E-state index in [2.05, 4.69) is 4.74 Å². The fraction of sp³-hybridized carbons (Fsp3) is 0.333. The van der Waals surface area contributed by atoms with Crippen LogP contribution in [0, 0.1) is 5.41 Å². The molecule has 0 unspecified atom stereocenters. The average Bonchev–Trinajstić information content (AvgIpc) is 1.82. The molecule has 4 heteroatoms. The molecule has 1 amide bonds. The van der Waals surface area contributed by atoms with E-state index in [0.29, 0.717) is 0 Å². The van der Waals surface area contributed by atoms with E-state index in [9.17, 15) is 4.79 Å². The van der Waals surface area contributed by atoms with Gasteiger partial charge in [-0.1, -0.05) is 0 Å². The van der Waals surface area contributed by atoms with Crippen LogP contribution in [0.25, 0.3) is 0 Å². The molecule has 4 nitrogen and oxygen atoms in total. The summed E-state index contributed by atoms with van der Waals surface area (Å²) in [4.78, 5) is 10.2. The average molecular weight is 142 g/mol. The minimum absolute atomic E-state index is 0.541. The Labute approximate surface area is 59.2 Å². The van der Waals surface area contributed by atoms with Gasteiger partial charge in [-0.05, 0) is 19.4 Å². The van der Waals surface area contributed by atoms with Crippen LogP contribution in [-0.2, 0) is 9.53 Å². The number of hydrogen-bond acceptors (Lipinski definition) is 3. The smallest absolute Gasteiger partial charge is 0.303 e. The maximum Gasteiger partial charge on any atom is 0.303 e. The van der Waals surface area contributed by atoms with Crippen LogP contribution in [0.1, 0.15) is 13.8 Å². The Morgan fingerprint density at radius 3 is 2.40 bits per heavy atom. The fourth-order valence-electron chi connectivity index (χ4n) is 0.235. The number of rotatable bonds is 1. The fourth-order valence-corrected chi connectivity index (χ4v) is 0.235. The molecule has 0 aliphatic rings. The maximum absolute atomic E-state index is 10.2. The number of amides is 1. The molecule has 0 aliphatic heterocycles. The van der Waals surface area contributed by atoms with Gasteiger partial charge >= 0.3 is 5.91 Å². The molecule has 0 aliphatic carbocycles. The Bertz CT molecular complexity index is 180. The van der Waals surface area contributed by atoms with E-state index in [0.717, 1.165) is 5.57 Å². The third-order valence-electron chi connectivity index (χ3n) is 0.636. The van der Waals surface area contributed by atoms with Gasteiger partial charge in [0, 0.05) is 0 Å². The van der Waals surface area contributed by atoms with E-state index in [1.54, 1.807) is 13.8 Å². The highest BCUT2D eigenvalue weighted by molar-refractivity contribution is 6.33. The summed E-state index contributed by atoms with van der Waals surface area (Å²) in [5.74, 6) is -1.40. The van der Waals surface area contributed by atoms with Crippen molar-refractivity contribution >= 4 is 11.8 Å².